The lowest BCUT2D eigenvalue weighted by Gasteiger charge is -2.22. The van der Waals surface area contributed by atoms with Crippen LogP contribution >= 0.6 is 0 Å². The smallest absolute Gasteiger partial charge is 0.357 e. The van der Waals surface area contributed by atoms with Crippen LogP contribution in [0, 0.1) is 0 Å². The van der Waals surface area contributed by atoms with Crippen molar-refractivity contribution in [2.75, 3.05) is 33.4 Å². The quantitative estimate of drug-likeness (QED) is 0.210. The van der Waals surface area contributed by atoms with E-state index in [0.29, 0.717) is 26.2 Å². The Morgan fingerprint density at radius 2 is 1.58 bits per heavy atom. The normalized spacial score (nSPS) is 12.8. The number of hydrogen-bond acceptors (Lipinski definition) is 6. The standard InChI is InChI=1S/C12H26O6Si/c1-5-9-12(15-8-4)18-19(16-10-13-6-2)17-11-14-7-3/h5,12,19H,1,6-11H2,2-4H3. The molecule has 0 bridgehead atoms. The van der Waals surface area contributed by atoms with Crippen molar-refractivity contribution >= 4 is 9.53 Å². The zero-order valence-electron chi connectivity index (χ0n) is 12.1. The summed E-state index contributed by atoms with van der Waals surface area (Å²) in [4.78, 5) is 0. The molecule has 0 saturated heterocycles. The van der Waals surface area contributed by atoms with Gasteiger partial charge in [0.15, 0.2) is 6.29 Å². The molecule has 0 aromatic rings. The summed E-state index contributed by atoms with van der Waals surface area (Å²) in [6.07, 6.45) is 1.91. The van der Waals surface area contributed by atoms with Crippen molar-refractivity contribution in [2.24, 2.45) is 0 Å². The first-order chi connectivity index (χ1) is 9.28. The van der Waals surface area contributed by atoms with Gasteiger partial charge in [0.2, 0.25) is 0 Å². The Morgan fingerprint density at radius 3 is 2.00 bits per heavy atom. The topological polar surface area (TPSA) is 55.4 Å². The highest BCUT2D eigenvalue weighted by molar-refractivity contribution is 6.36. The largest absolute Gasteiger partial charge is 0.489 e. The molecule has 0 rings (SSSR count). The summed E-state index contributed by atoms with van der Waals surface area (Å²) in [6.45, 7) is 11.3. The molecule has 0 aliphatic carbocycles. The monoisotopic (exact) mass is 294 g/mol. The third-order valence-electron chi connectivity index (χ3n) is 1.96. The Labute approximate surface area is 117 Å². The molecule has 0 fully saturated rings. The van der Waals surface area contributed by atoms with Crippen LogP contribution < -0.4 is 0 Å². The lowest BCUT2D eigenvalue weighted by molar-refractivity contribution is -0.127. The maximum Gasteiger partial charge on any atom is 0.489 e. The number of hydrogen-bond donors (Lipinski definition) is 0. The van der Waals surface area contributed by atoms with Crippen LogP contribution in [0.1, 0.15) is 27.2 Å². The van der Waals surface area contributed by atoms with Crippen LogP contribution in [0.4, 0.5) is 0 Å². The molecule has 1 unspecified atom stereocenters. The van der Waals surface area contributed by atoms with Gasteiger partial charge in [-0.15, -0.1) is 6.58 Å². The van der Waals surface area contributed by atoms with E-state index in [1.54, 1.807) is 6.08 Å². The summed E-state index contributed by atoms with van der Waals surface area (Å²) in [5, 5.41) is 0. The third-order valence-corrected chi connectivity index (χ3v) is 3.30. The van der Waals surface area contributed by atoms with Gasteiger partial charge >= 0.3 is 9.53 Å². The predicted molar refractivity (Wildman–Crippen MR) is 73.6 cm³/mol. The molecular weight excluding hydrogens is 268 g/mol. The number of rotatable bonds is 14. The van der Waals surface area contributed by atoms with E-state index in [-0.39, 0.29) is 13.6 Å². The maximum atomic E-state index is 5.67. The summed E-state index contributed by atoms with van der Waals surface area (Å²) < 4.78 is 32.2. The zero-order valence-corrected chi connectivity index (χ0v) is 13.3. The summed E-state index contributed by atoms with van der Waals surface area (Å²) in [7, 11) is -2.34. The van der Waals surface area contributed by atoms with Crippen LogP contribution in [0.5, 0.6) is 0 Å². The zero-order chi connectivity index (χ0) is 14.3. The second-order valence-corrected chi connectivity index (χ2v) is 4.90. The third kappa shape index (κ3) is 11.3. The average Bonchev–Trinajstić information content (AvgIpc) is 2.39. The molecule has 6 nitrogen and oxygen atoms in total. The van der Waals surface area contributed by atoms with Crippen molar-refractivity contribution in [1.29, 1.82) is 0 Å². The van der Waals surface area contributed by atoms with E-state index in [1.807, 2.05) is 20.8 Å². The fraction of sp³-hybridized carbons (Fsp3) is 0.833. The molecule has 0 aliphatic heterocycles. The highest BCUT2D eigenvalue weighted by Gasteiger charge is 2.21. The van der Waals surface area contributed by atoms with Crippen molar-refractivity contribution in [3.8, 4) is 0 Å². The molecule has 1 atom stereocenters. The molecular formula is C12H26O6Si. The van der Waals surface area contributed by atoms with Gasteiger partial charge in [0.1, 0.15) is 13.6 Å². The van der Waals surface area contributed by atoms with Crippen molar-refractivity contribution in [3.63, 3.8) is 0 Å². The molecule has 0 amide bonds. The fourth-order valence-electron chi connectivity index (χ4n) is 1.11. The molecule has 0 N–H and O–H groups in total. The van der Waals surface area contributed by atoms with Gasteiger partial charge in [-0.1, -0.05) is 6.08 Å². The van der Waals surface area contributed by atoms with Gasteiger partial charge in [-0.2, -0.15) is 0 Å². The van der Waals surface area contributed by atoms with E-state index in [0.717, 1.165) is 0 Å². The molecule has 7 heteroatoms. The SMILES string of the molecule is C=CCC(OCC)O[SiH](OCOCC)OCOCC. The molecule has 19 heavy (non-hydrogen) atoms. The van der Waals surface area contributed by atoms with Gasteiger partial charge < -0.3 is 27.5 Å². The molecule has 0 aromatic heterocycles. The van der Waals surface area contributed by atoms with E-state index in [4.69, 9.17) is 27.5 Å². The molecule has 0 saturated carbocycles. The lowest BCUT2D eigenvalue weighted by atomic mass is 10.4. The molecule has 0 heterocycles. The van der Waals surface area contributed by atoms with Crippen LogP contribution in [0.15, 0.2) is 12.7 Å². The van der Waals surface area contributed by atoms with E-state index in [2.05, 4.69) is 6.58 Å². The fourth-order valence-corrected chi connectivity index (χ4v) is 2.22. The van der Waals surface area contributed by atoms with E-state index in [9.17, 15) is 0 Å². The van der Waals surface area contributed by atoms with Crippen LogP contribution in [-0.4, -0.2) is 49.2 Å². The average molecular weight is 294 g/mol. The highest BCUT2D eigenvalue weighted by atomic mass is 28.3. The number of ether oxygens (including phenoxy) is 3. The first-order valence-electron chi connectivity index (χ1n) is 6.55. The van der Waals surface area contributed by atoms with Crippen LogP contribution in [0.25, 0.3) is 0 Å². The molecule has 0 spiro atoms. The van der Waals surface area contributed by atoms with E-state index < -0.39 is 15.8 Å². The van der Waals surface area contributed by atoms with Gasteiger partial charge in [0.25, 0.3) is 0 Å². The minimum absolute atomic E-state index is 0.145. The Morgan fingerprint density at radius 1 is 1.00 bits per heavy atom. The van der Waals surface area contributed by atoms with Gasteiger partial charge in [0, 0.05) is 26.2 Å². The maximum absolute atomic E-state index is 5.67. The lowest BCUT2D eigenvalue weighted by Crippen LogP contribution is -2.35. The molecule has 0 radical (unpaired) electrons. The Bertz CT molecular complexity index is 195. The van der Waals surface area contributed by atoms with Gasteiger partial charge in [-0.05, 0) is 20.8 Å². The minimum Gasteiger partial charge on any atom is -0.357 e. The van der Waals surface area contributed by atoms with Crippen LogP contribution in [0.3, 0.4) is 0 Å². The Kier molecular flexibility index (Phi) is 13.9. The predicted octanol–water partition coefficient (Wildman–Crippen LogP) is 1.68. The molecule has 0 aromatic carbocycles. The van der Waals surface area contributed by atoms with E-state index in [1.165, 1.54) is 0 Å². The van der Waals surface area contributed by atoms with Gasteiger partial charge in [-0.25, -0.2) is 0 Å². The second kappa shape index (κ2) is 14.1. The van der Waals surface area contributed by atoms with Crippen molar-refractivity contribution < 1.29 is 27.5 Å². The van der Waals surface area contributed by atoms with E-state index >= 15 is 0 Å². The van der Waals surface area contributed by atoms with Crippen LogP contribution in [-0.2, 0) is 27.5 Å². The van der Waals surface area contributed by atoms with Crippen molar-refractivity contribution in [2.45, 2.75) is 33.5 Å². The summed E-state index contributed by atoms with van der Waals surface area (Å²) >= 11 is 0. The van der Waals surface area contributed by atoms with Gasteiger partial charge in [-0.3, -0.25) is 0 Å². The van der Waals surface area contributed by atoms with Crippen LogP contribution in [0.2, 0.25) is 0 Å². The molecule has 0 aliphatic rings. The first-order valence-corrected chi connectivity index (χ1v) is 7.96. The highest BCUT2D eigenvalue weighted by Crippen LogP contribution is 2.06. The Balaban J connectivity index is 4.13. The first kappa shape index (κ1) is 18.7. The molecule has 114 valence electrons. The summed E-state index contributed by atoms with van der Waals surface area (Å²) in [5.74, 6) is 0. The minimum atomic E-state index is -2.34. The van der Waals surface area contributed by atoms with Crippen molar-refractivity contribution in [3.05, 3.63) is 12.7 Å². The van der Waals surface area contributed by atoms with Gasteiger partial charge in [0.05, 0.1) is 0 Å². The Hall–Kier alpha value is -0.283. The summed E-state index contributed by atoms with van der Waals surface area (Å²) in [5.41, 5.74) is 0. The second-order valence-electron chi connectivity index (χ2n) is 3.39. The van der Waals surface area contributed by atoms with Crippen molar-refractivity contribution in [1.82, 2.24) is 0 Å². The summed E-state index contributed by atoms with van der Waals surface area (Å²) in [6, 6.07) is 0.